The number of carbonyl (C=O) groups excluding carboxylic acids is 2. The number of rotatable bonds is 7. The number of imidazole rings is 1. The van der Waals surface area contributed by atoms with Gasteiger partial charge in [-0.1, -0.05) is 37.3 Å². The number of amides is 1. The van der Waals surface area contributed by atoms with Crippen LogP contribution in [0.2, 0.25) is 0 Å². The van der Waals surface area contributed by atoms with E-state index in [2.05, 4.69) is 4.98 Å². The molecule has 0 radical (unpaired) electrons. The third-order valence-corrected chi connectivity index (χ3v) is 3.32. The van der Waals surface area contributed by atoms with Gasteiger partial charge in [0.1, 0.15) is 13.2 Å². The molecule has 2 aromatic rings. The highest BCUT2D eigenvalue weighted by atomic mass is 16.5. The first-order chi connectivity index (χ1) is 10.6. The van der Waals surface area contributed by atoms with Crippen LogP contribution in [0.3, 0.4) is 0 Å². The van der Waals surface area contributed by atoms with Crippen molar-refractivity contribution in [3.05, 3.63) is 54.1 Å². The van der Waals surface area contributed by atoms with Crippen molar-refractivity contribution in [1.82, 2.24) is 9.55 Å². The number of esters is 1. The molecule has 1 heterocycles. The summed E-state index contributed by atoms with van der Waals surface area (Å²) in [4.78, 5) is 27.2. The van der Waals surface area contributed by atoms with E-state index in [0.29, 0.717) is 12.1 Å². The van der Waals surface area contributed by atoms with Crippen molar-refractivity contribution < 1.29 is 14.3 Å². The molecule has 0 aliphatic heterocycles. The van der Waals surface area contributed by atoms with Gasteiger partial charge in [0.15, 0.2) is 0 Å². The van der Waals surface area contributed by atoms with Crippen LogP contribution in [0.25, 0.3) is 0 Å². The molecular weight excluding hydrogens is 282 g/mol. The molecule has 0 spiro atoms. The van der Waals surface area contributed by atoms with Crippen molar-refractivity contribution in [2.45, 2.75) is 32.4 Å². The summed E-state index contributed by atoms with van der Waals surface area (Å²) < 4.78 is 6.79. The highest BCUT2D eigenvalue weighted by Gasteiger charge is 2.18. The van der Waals surface area contributed by atoms with Gasteiger partial charge >= 0.3 is 5.97 Å². The molecular formula is C16H19N3O3. The average Bonchev–Trinajstić information content (AvgIpc) is 2.94. The molecule has 2 N–H and O–H groups in total. The molecule has 0 bridgehead atoms. The van der Waals surface area contributed by atoms with Crippen LogP contribution in [0.4, 0.5) is 0 Å². The monoisotopic (exact) mass is 301 g/mol. The zero-order valence-electron chi connectivity index (χ0n) is 12.4. The van der Waals surface area contributed by atoms with E-state index in [0.717, 1.165) is 5.56 Å². The van der Waals surface area contributed by atoms with Crippen LogP contribution in [0, 0.1) is 0 Å². The molecule has 0 aliphatic carbocycles. The Hall–Kier alpha value is -2.63. The molecule has 22 heavy (non-hydrogen) atoms. The second-order valence-electron chi connectivity index (χ2n) is 4.98. The van der Waals surface area contributed by atoms with E-state index in [-0.39, 0.29) is 19.1 Å². The number of carbonyl (C=O) groups is 2. The summed E-state index contributed by atoms with van der Waals surface area (Å²) in [6, 6.07) is 9.46. The number of hydrogen-bond donors (Lipinski definition) is 1. The minimum absolute atomic E-state index is 0.0506. The Morgan fingerprint density at radius 1 is 1.32 bits per heavy atom. The van der Waals surface area contributed by atoms with Crippen molar-refractivity contribution in [2.75, 3.05) is 0 Å². The van der Waals surface area contributed by atoms with Gasteiger partial charge in [-0.2, -0.15) is 0 Å². The van der Waals surface area contributed by atoms with Gasteiger partial charge in [-0.25, -0.2) is 4.98 Å². The number of ether oxygens (including phenoxy) is 1. The van der Waals surface area contributed by atoms with Crippen molar-refractivity contribution in [3.8, 4) is 0 Å². The zero-order valence-corrected chi connectivity index (χ0v) is 12.4. The van der Waals surface area contributed by atoms with Crippen LogP contribution in [-0.2, 0) is 27.5 Å². The number of primary amides is 1. The van der Waals surface area contributed by atoms with Crippen molar-refractivity contribution in [1.29, 1.82) is 0 Å². The lowest BCUT2D eigenvalue weighted by molar-refractivity contribution is -0.145. The largest absolute Gasteiger partial charge is 0.459 e. The minimum atomic E-state index is -0.429. The molecule has 1 aromatic heterocycles. The first-order valence-corrected chi connectivity index (χ1v) is 7.10. The topological polar surface area (TPSA) is 87.2 Å². The molecule has 116 valence electrons. The normalized spacial score (nSPS) is 11.9. The Morgan fingerprint density at radius 3 is 2.68 bits per heavy atom. The number of nitrogens with zero attached hydrogens (tertiary/aromatic N) is 2. The van der Waals surface area contributed by atoms with Gasteiger partial charge in [-0.05, 0) is 12.0 Å². The van der Waals surface area contributed by atoms with Gasteiger partial charge in [-0.3, -0.25) is 9.59 Å². The molecule has 1 atom stereocenters. The smallest absolute Gasteiger partial charge is 0.326 e. The van der Waals surface area contributed by atoms with Crippen LogP contribution in [-0.4, -0.2) is 21.4 Å². The van der Waals surface area contributed by atoms with E-state index in [9.17, 15) is 9.59 Å². The van der Waals surface area contributed by atoms with E-state index in [1.54, 1.807) is 10.8 Å². The fourth-order valence-electron chi connectivity index (χ4n) is 2.13. The predicted octanol–water partition coefficient (Wildman–Crippen LogP) is 1.61. The summed E-state index contributed by atoms with van der Waals surface area (Å²) in [5.41, 5.74) is 6.83. The molecule has 0 saturated carbocycles. The maximum atomic E-state index is 11.8. The van der Waals surface area contributed by atoms with Crippen molar-refractivity contribution in [2.24, 2.45) is 5.73 Å². The van der Waals surface area contributed by atoms with Crippen LogP contribution < -0.4 is 5.73 Å². The Balaban J connectivity index is 1.89. The third-order valence-electron chi connectivity index (χ3n) is 3.32. The number of benzene rings is 1. The number of hydrogen-bond acceptors (Lipinski definition) is 4. The summed E-state index contributed by atoms with van der Waals surface area (Å²) in [5.74, 6) is -1.21. The minimum Gasteiger partial charge on any atom is -0.459 e. The zero-order chi connectivity index (χ0) is 15.9. The second kappa shape index (κ2) is 7.40. The molecule has 1 aromatic carbocycles. The summed E-state index contributed by atoms with van der Waals surface area (Å²) >= 11 is 0. The van der Waals surface area contributed by atoms with Gasteiger partial charge in [0.2, 0.25) is 5.91 Å². The Morgan fingerprint density at radius 2 is 2.05 bits per heavy atom. The quantitative estimate of drug-likeness (QED) is 0.787. The molecule has 2 rings (SSSR count). The van der Waals surface area contributed by atoms with Crippen LogP contribution >= 0.6 is 0 Å². The van der Waals surface area contributed by atoms with Crippen LogP contribution in [0.15, 0.2) is 42.9 Å². The maximum Gasteiger partial charge on any atom is 0.326 e. The molecule has 6 nitrogen and oxygen atoms in total. The van der Waals surface area contributed by atoms with E-state index >= 15 is 0 Å². The molecule has 0 fully saturated rings. The molecule has 1 amide bonds. The Labute approximate surface area is 128 Å². The molecule has 0 saturated heterocycles. The Kier molecular flexibility index (Phi) is 5.30. The SMILES string of the molecule is CCC(C(N)=O)c1cn(CC(=O)OCc2ccccc2)cn1. The first kappa shape index (κ1) is 15.8. The molecule has 0 aliphatic rings. The Bertz CT molecular complexity index is 637. The lowest BCUT2D eigenvalue weighted by Crippen LogP contribution is -2.21. The fourth-order valence-corrected chi connectivity index (χ4v) is 2.13. The van der Waals surface area contributed by atoms with E-state index in [1.165, 1.54) is 6.33 Å². The summed E-state index contributed by atoms with van der Waals surface area (Å²) in [6.07, 6.45) is 3.73. The average molecular weight is 301 g/mol. The summed E-state index contributed by atoms with van der Waals surface area (Å²) in [5, 5.41) is 0. The second-order valence-corrected chi connectivity index (χ2v) is 4.98. The van der Waals surface area contributed by atoms with E-state index in [1.807, 2.05) is 37.3 Å². The lowest BCUT2D eigenvalue weighted by atomic mass is 10.0. The van der Waals surface area contributed by atoms with Crippen molar-refractivity contribution >= 4 is 11.9 Å². The van der Waals surface area contributed by atoms with Gasteiger partial charge in [0, 0.05) is 6.20 Å². The van der Waals surface area contributed by atoms with Gasteiger partial charge < -0.3 is 15.0 Å². The highest BCUT2D eigenvalue weighted by Crippen LogP contribution is 2.16. The fraction of sp³-hybridized carbons (Fsp3) is 0.312. The van der Waals surface area contributed by atoms with Crippen LogP contribution in [0.1, 0.15) is 30.5 Å². The standard InChI is InChI=1S/C16H19N3O3/c1-2-13(16(17)21)14-8-19(11-18-14)9-15(20)22-10-12-6-4-3-5-7-12/h3-8,11,13H,2,9-10H2,1H3,(H2,17,21). The van der Waals surface area contributed by atoms with Crippen molar-refractivity contribution in [3.63, 3.8) is 0 Å². The number of aromatic nitrogens is 2. The predicted molar refractivity (Wildman–Crippen MR) is 80.7 cm³/mol. The van der Waals surface area contributed by atoms with Gasteiger partial charge in [0.25, 0.3) is 0 Å². The van der Waals surface area contributed by atoms with Gasteiger partial charge in [-0.15, -0.1) is 0 Å². The summed E-state index contributed by atoms with van der Waals surface area (Å²) in [7, 11) is 0. The van der Waals surface area contributed by atoms with E-state index in [4.69, 9.17) is 10.5 Å². The van der Waals surface area contributed by atoms with E-state index < -0.39 is 11.8 Å². The van der Waals surface area contributed by atoms with Crippen LogP contribution in [0.5, 0.6) is 0 Å². The summed E-state index contributed by atoms with van der Waals surface area (Å²) in [6.45, 7) is 2.15. The molecule has 6 heteroatoms. The lowest BCUT2D eigenvalue weighted by Gasteiger charge is -2.07. The highest BCUT2D eigenvalue weighted by molar-refractivity contribution is 5.81. The third kappa shape index (κ3) is 4.18. The molecule has 1 unspecified atom stereocenters. The number of nitrogens with two attached hydrogens (primary N) is 1. The van der Waals surface area contributed by atoms with Gasteiger partial charge in [0.05, 0.1) is 17.9 Å². The first-order valence-electron chi connectivity index (χ1n) is 7.10. The maximum absolute atomic E-state index is 11.8.